The number of rotatable bonds is 0. The third kappa shape index (κ3) is 1.98. The van der Waals surface area contributed by atoms with Crippen LogP contribution in [0.25, 0.3) is 6.08 Å². The van der Waals surface area contributed by atoms with Crippen LogP contribution in [0.4, 0.5) is 9.59 Å². The summed E-state index contributed by atoms with van der Waals surface area (Å²) in [4.78, 5) is 29.6. The molecule has 2 aromatic rings. The zero-order valence-electron chi connectivity index (χ0n) is 16.8. The van der Waals surface area contributed by atoms with E-state index in [1.165, 1.54) is 14.2 Å². The third-order valence-electron chi connectivity index (χ3n) is 7.33. The lowest BCUT2D eigenvalue weighted by Crippen LogP contribution is -2.43. The van der Waals surface area contributed by atoms with Crippen LogP contribution in [0.3, 0.4) is 0 Å². The summed E-state index contributed by atoms with van der Waals surface area (Å²) in [6, 6.07) is 15.7. The normalized spacial score (nSPS) is 31.7. The standard InChI is InChI=1S/C24H22N2O4/c1-29-23(27)25-19-14-8-4-3-7-13(14)11-12-17(19)18-20-15-9-5-6-10-16(15)21(22(18)25)26(20)24(28)30-2/h3-12,17-22H,1-2H3/t17-,18-,19-,20-,21+,22-/m1/s1. The summed E-state index contributed by atoms with van der Waals surface area (Å²) in [5.74, 6) is 0.178. The number of likely N-dealkylation sites (tertiary alicyclic amines) is 1. The number of methoxy groups -OCH3 is 2. The zero-order valence-corrected chi connectivity index (χ0v) is 16.8. The Balaban J connectivity index is 1.56. The maximum atomic E-state index is 13.1. The number of hydrogen-bond donors (Lipinski definition) is 0. The van der Waals surface area contributed by atoms with Crippen molar-refractivity contribution in [1.29, 1.82) is 0 Å². The number of benzene rings is 2. The van der Waals surface area contributed by atoms with Crippen molar-refractivity contribution in [2.75, 3.05) is 14.2 Å². The Morgan fingerprint density at radius 3 is 2.07 bits per heavy atom. The monoisotopic (exact) mass is 402 g/mol. The SMILES string of the molecule is COC(=O)N1[C@@H]2[C@H]([C@H]3C=Cc4ccccc4[C@H]31)[C@H]1c3ccccc3[C@@H]2N1C(=O)OC. The van der Waals surface area contributed by atoms with Crippen LogP contribution in [0.2, 0.25) is 0 Å². The fraction of sp³-hybridized carbons (Fsp3) is 0.333. The van der Waals surface area contributed by atoms with Gasteiger partial charge in [0, 0.05) is 11.8 Å². The van der Waals surface area contributed by atoms with Crippen LogP contribution in [0.5, 0.6) is 0 Å². The van der Waals surface area contributed by atoms with Crippen molar-refractivity contribution in [3.63, 3.8) is 0 Å². The lowest BCUT2D eigenvalue weighted by molar-refractivity contribution is 0.0715. The van der Waals surface area contributed by atoms with Crippen LogP contribution in [0.15, 0.2) is 54.6 Å². The van der Waals surface area contributed by atoms with Crippen molar-refractivity contribution in [3.8, 4) is 0 Å². The van der Waals surface area contributed by atoms with Gasteiger partial charge in [-0.15, -0.1) is 0 Å². The van der Waals surface area contributed by atoms with E-state index in [-0.39, 0.29) is 48.2 Å². The molecular formula is C24H22N2O4. The van der Waals surface area contributed by atoms with Crippen LogP contribution < -0.4 is 0 Å². The molecule has 2 fully saturated rings. The van der Waals surface area contributed by atoms with Gasteiger partial charge in [-0.3, -0.25) is 9.80 Å². The Bertz CT molecular complexity index is 1100. The van der Waals surface area contributed by atoms with Gasteiger partial charge in [0.05, 0.1) is 38.4 Å². The molecule has 0 N–H and O–H groups in total. The minimum atomic E-state index is -0.350. The Kier molecular flexibility index (Phi) is 3.58. The molecule has 2 aromatic carbocycles. The molecule has 6 heteroatoms. The van der Waals surface area contributed by atoms with Gasteiger partial charge in [0.1, 0.15) is 0 Å². The van der Waals surface area contributed by atoms with Crippen molar-refractivity contribution >= 4 is 18.3 Å². The van der Waals surface area contributed by atoms with Gasteiger partial charge < -0.3 is 9.47 Å². The van der Waals surface area contributed by atoms with Gasteiger partial charge in [-0.25, -0.2) is 9.59 Å². The molecule has 0 spiro atoms. The molecule has 3 aliphatic heterocycles. The first-order valence-corrected chi connectivity index (χ1v) is 10.3. The molecule has 30 heavy (non-hydrogen) atoms. The summed E-state index contributed by atoms with van der Waals surface area (Å²) in [6.45, 7) is 0. The zero-order chi connectivity index (χ0) is 20.6. The lowest BCUT2D eigenvalue weighted by atomic mass is 9.73. The second-order valence-electron chi connectivity index (χ2n) is 8.35. The van der Waals surface area contributed by atoms with Crippen molar-refractivity contribution < 1.29 is 19.1 Å². The molecular weight excluding hydrogens is 380 g/mol. The fourth-order valence-corrected chi connectivity index (χ4v) is 6.43. The maximum absolute atomic E-state index is 13.1. The fourth-order valence-electron chi connectivity index (χ4n) is 6.43. The maximum Gasteiger partial charge on any atom is 0.410 e. The van der Waals surface area contributed by atoms with E-state index in [0.29, 0.717) is 0 Å². The quantitative estimate of drug-likeness (QED) is 0.659. The van der Waals surface area contributed by atoms with E-state index in [9.17, 15) is 9.59 Å². The first kappa shape index (κ1) is 17.6. The second-order valence-corrected chi connectivity index (χ2v) is 8.35. The topological polar surface area (TPSA) is 59.1 Å². The molecule has 2 bridgehead atoms. The summed E-state index contributed by atoms with van der Waals surface area (Å²) in [7, 11) is 2.84. The highest BCUT2D eigenvalue weighted by Gasteiger charge is 2.68. The van der Waals surface area contributed by atoms with E-state index in [4.69, 9.17) is 9.47 Å². The second kappa shape index (κ2) is 6.11. The molecule has 152 valence electrons. The third-order valence-corrected chi connectivity index (χ3v) is 7.33. The molecule has 2 saturated heterocycles. The van der Waals surface area contributed by atoms with E-state index in [0.717, 1.165) is 22.3 Å². The predicted octanol–water partition coefficient (Wildman–Crippen LogP) is 4.32. The van der Waals surface area contributed by atoms with Crippen molar-refractivity contribution in [1.82, 2.24) is 9.80 Å². The minimum absolute atomic E-state index is 0.0812. The van der Waals surface area contributed by atoms with E-state index < -0.39 is 0 Å². The molecule has 0 radical (unpaired) electrons. The molecule has 3 heterocycles. The van der Waals surface area contributed by atoms with E-state index in [1.54, 1.807) is 0 Å². The number of nitrogens with zero attached hydrogens (tertiary/aromatic N) is 2. The average molecular weight is 402 g/mol. The van der Waals surface area contributed by atoms with Crippen molar-refractivity contribution in [3.05, 3.63) is 76.9 Å². The summed E-state index contributed by atoms with van der Waals surface area (Å²) in [5, 5.41) is 0. The van der Waals surface area contributed by atoms with Crippen molar-refractivity contribution in [2.24, 2.45) is 11.8 Å². The number of carbonyl (C=O) groups excluding carboxylic acids is 2. The Hall–Kier alpha value is -3.28. The van der Waals surface area contributed by atoms with Crippen LogP contribution >= 0.6 is 0 Å². The van der Waals surface area contributed by atoms with Gasteiger partial charge in [0.25, 0.3) is 0 Å². The van der Waals surface area contributed by atoms with Crippen LogP contribution in [0, 0.1) is 11.8 Å². The summed E-state index contributed by atoms with van der Waals surface area (Å²) in [6.07, 6.45) is 3.66. The van der Waals surface area contributed by atoms with E-state index in [2.05, 4.69) is 36.4 Å². The molecule has 2 amide bonds. The highest BCUT2D eigenvalue weighted by Crippen LogP contribution is 2.67. The van der Waals surface area contributed by atoms with Gasteiger partial charge in [0.2, 0.25) is 0 Å². The summed E-state index contributed by atoms with van der Waals surface area (Å²) < 4.78 is 10.4. The molecule has 6 rings (SSSR count). The molecule has 6 nitrogen and oxygen atoms in total. The number of carbonyl (C=O) groups is 2. The number of fused-ring (bicyclic) bond motifs is 12. The molecule has 1 aliphatic carbocycles. The predicted molar refractivity (Wildman–Crippen MR) is 109 cm³/mol. The highest BCUT2D eigenvalue weighted by atomic mass is 16.5. The highest BCUT2D eigenvalue weighted by molar-refractivity contribution is 5.76. The van der Waals surface area contributed by atoms with E-state index >= 15 is 0 Å². The Morgan fingerprint density at radius 2 is 1.37 bits per heavy atom. The first-order valence-electron chi connectivity index (χ1n) is 10.3. The number of hydrogen-bond acceptors (Lipinski definition) is 4. The van der Waals surface area contributed by atoms with Gasteiger partial charge in [-0.05, 0) is 22.3 Å². The van der Waals surface area contributed by atoms with Gasteiger partial charge >= 0.3 is 12.2 Å². The average Bonchev–Trinajstić information content (AvgIpc) is 3.42. The smallest absolute Gasteiger partial charge is 0.410 e. The first-order chi connectivity index (χ1) is 14.7. The molecule has 0 unspecified atom stereocenters. The molecule has 0 saturated carbocycles. The van der Waals surface area contributed by atoms with Crippen LogP contribution in [-0.2, 0) is 9.47 Å². The van der Waals surface area contributed by atoms with Crippen molar-refractivity contribution in [2.45, 2.75) is 24.2 Å². The largest absolute Gasteiger partial charge is 0.453 e. The number of amides is 2. The lowest BCUT2D eigenvalue weighted by Gasteiger charge is -2.36. The summed E-state index contributed by atoms with van der Waals surface area (Å²) in [5.41, 5.74) is 4.52. The van der Waals surface area contributed by atoms with Gasteiger partial charge in [-0.1, -0.05) is 60.7 Å². The molecule has 6 atom stereocenters. The van der Waals surface area contributed by atoms with Gasteiger partial charge in [0.15, 0.2) is 0 Å². The Morgan fingerprint density at radius 1 is 0.767 bits per heavy atom. The number of ether oxygens (including phenoxy) is 2. The minimum Gasteiger partial charge on any atom is -0.453 e. The van der Waals surface area contributed by atoms with Gasteiger partial charge in [-0.2, -0.15) is 0 Å². The molecule has 0 aromatic heterocycles. The summed E-state index contributed by atoms with van der Waals surface area (Å²) >= 11 is 0. The Labute approximate surface area is 174 Å². The van der Waals surface area contributed by atoms with Crippen LogP contribution in [0.1, 0.15) is 40.4 Å². The van der Waals surface area contributed by atoms with Crippen LogP contribution in [-0.4, -0.2) is 42.2 Å². The molecule has 4 aliphatic rings. The van der Waals surface area contributed by atoms with E-state index in [1.807, 2.05) is 34.1 Å².